The van der Waals surface area contributed by atoms with E-state index in [4.69, 9.17) is 10.5 Å². The van der Waals surface area contributed by atoms with Crippen molar-refractivity contribution in [3.63, 3.8) is 0 Å². The third-order valence-electron chi connectivity index (χ3n) is 2.66. The molecule has 2 nitrogen and oxygen atoms in total. The molecule has 0 aliphatic heterocycles. The number of hydrogen-bond acceptors (Lipinski definition) is 3. The summed E-state index contributed by atoms with van der Waals surface area (Å²) in [5, 5.41) is 18.0. The first-order valence-corrected chi connectivity index (χ1v) is 8.98. The lowest BCUT2D eigenvalue weighted by Gasteiger charge is -2.40. The van der Waals surface area contributed by atoms with Crippen molar-refractivity contribution in [2.75, 3.05) is 0 Å². The molecule has 0 bridgehead atoms. The first-order valence-electron chi connectivity index (χ1n) is 6.22. The van der Waals surface area contributed by atoms with Crippen LogP contribution >= 0.6 is 22.0 Å². The SMILES string of the molecule is C=C/C=C\C(=C/C)Sc1cc(S(F)(F)(F)(F)F)cc(C#N)c1C#N. The van der Waals surface area contributed by atoms with Crippen LogP contribution < -0.4 is 0 Å². The molecular formula is C15H11F5N2S2. The third-order valence-corrected chi connectivity index (χ3v) is 4.94. The van der Waals surface area contributed by atoms with Gasteiger partial charge in [-0.2, -0.15) is 10.5 Å². The van der Waals surface area contributed by atoms with E-state index < -0.39 is 20.7 Å². The van der Waals surface area contributed by atoms with Gasteiger partial charge in [0.25, 0.3) is 0 Å². The Labute approximate surface area is 140 Å². The largest absolute Gasteiger partial charge is 0.310 e. The average Bonchev–Trinajstić information content (AvgIpc) is 2.47. The van der Waals surface area contributed by atoms with Crippen molar-refractivity contribution >= 4 is 22.0 Å². The molecule has 0 fully saturated rings. The van der Waals surface area contributed by atoms with Gasteiger partial charge in [0.1, 0.15) is 17.0 Å². The Morgan fingerprint density at radius 3 is 2.21 bits per heavy atom. The summed E-state index contributed by atoms with van der Waals surface area (Å²) in [6.07, 6.45) is 5.91. The standard InChI is InChI=1S/C15H11F5N2S2/c1-3-5-6-12(4-2)23-15-8-13(24(16,17,18,19)20)7-11(9-21)14(15)10-22/h3-8H,1H2,2H3/b6-5-,12-4+. The molecule has 1 rings (SSSR count). The van der Waals surface area contributed by atoms with Crippen LogP contribution in [0.25, 0.3) is 0 Å². The van der Waals surface area contributed by atoms with Gasteiger partial charge in [-0.3, -0.25) is 0 Å². The summed E-state index contributed by atoms with van der Waals surface area (Å²) in [6.45, 7) is 5.02. The van der Waals surface area contributed by atoms with E-state index in [0.717, 1.165) is 0 Å². The number of benzene rings is 1. The van der Waals surface area contributed by atoms with E-state index in [1.165, 1.54) is 30.4 Å². The van der Waals surface area contributed by atoms with Gasteiger partial charge in [0.05, 0.1) is 11.1 Å². The maximum absolute atomic E-state index is 13.1. The van der Waals surface area contributed by atoms with E-state index in [-0.39, 0.29) is 22.6 Å². The Kier molecular flexibility index (Phi) is 4.96. The second-order valence-electron chi connectivity index (χ2n) is 4.42. The van der Waals surface area contributed by atoms with Gasteiger partial charge in [0, 0.05) is 9.80 Å². The molecule has 1 aromatic carbocycles. The number of rotatable bonds is 5. The summed E-state index contributed by atoms with van der Waals surface area (Å²) in [5.41, 5.74) is -1.15. The van der Waals surface area contributed by atoms with Crippen LogP contribution in [0, 0.1) is 22.7 Å². The van der Waals surface area contributed by atoms with Crippen molar-refractivity contribution in [3.8, 4) is 12.1 Å². The predicted octanol–water partition coefficient (Wildman–Crippen LogP) is 6.83. The van der Waals surface area contributed by atoms with Crippen molar-refractivity contribution in [2.24, 2.45) is 0 Å². The monoisotopic (exact) mass is 378 g/mol. The molecule has 0 atom stereocenters. The highest BCUT2D eigenvalue weighted by atomic mass is 32.5. The molecule has 1 aromatic rings. The first kappa shape index (κ1) is 19.8. The van der Waals surface area contributed by atoms with E-state index in [9.17, 15) is 19.4 Å². The summed E-state index contributed by atoms with van der Waals surface area (Å²) in [6, 6.07) is 3.17. The molecule has 0 aliphatic carbocycles. The summed E-state index contributed by atoms with van der Waals surface area (Å²) < 4.78 is 65.3. The zero-order valence-corrected chi connectivity index (χ0v) is 13.9. The lowest BCUT2D eigenvalue weighted by molar-refractivity contribution is 0.363. The lowest BCUT2D eigenvalue weighted by Crippen LogP contribution is -2.07. The number of nitrogens with zero attached hydrogens (tertiary/aromatic N) is 2. The second kappa shape index (κ2) is 6.00. The Balaban J connectivity index is 3.67. The molecule has 0 radical (unpaired) electrons. The summed E-state index contributed by atoms with van der Waals surface area (Å²) in [7, 11) is -9.98. The molecule has 0 aliphatic rings. The minimum Gasteiger partial charge on any atom is -0.192 e. The fraction of sp³-hybridized carbons (Fsp3) is 0.0667. The fourth-order valence-corrected chi connectivity index (χ4v) is 3.29. The van der Waals surface area contributed by atoms with E-state index in [0.29, 0.717) is 16.7 Å². The Morgan fingerprint density at radius 1 is 1.17 bits per heavy atom. The molecule has 0 heterocycles. The average molecular weight is 378 g/mol. The van der Waals surface area contributed by atoms with E-state index in [1.807, 2.05) is 0 Å². The van der Waals surface area contributed by atoms with E-state index >= 15 is 0 Å². The maximum atomic E-state index is 13.1. The van der Waals surface area contributed by atoms with Crippen LogP contribution in [-0.2, 0) is 0 Å². The van der Waals surface area contributed by atoms with Crippen LogP contribution in [0.2, 0.25) is 0 Å². The number of hydrogen-bond donors (Lipinski definition) is 0. The molecule has 0 amide bonds. The van der Waals surface area contributed by atoms with E-state index in [2.05, 4.69) is 6.58 Å². The van der Waals surface area contributed by atoms with Crippen LogP contribution in [0.15, 0.2) is 57.7 Å². The molecule has 0 spiro atoms. The molecule has 24 heavy (non-hydrogen) atoms. The van der Waals surface area contributed by atoms with Crippen molar-refractivity contribution in [1.82, 2.24) is 0 Å². The topological polar surface area (TPSA) is 47.6 Å². The van der Waals surface area contributed by atoms with Crippen LogP contribution in [-0.4, -0.2) is 0 Å². The number of halogens is 5. The van der Waals surface area contributed by atoms with Crippen LogP contribution in [0.1, 0.15) is 18.1 Å². The van der Waals surface area contributed by atoms with E-state index in [1.54, 1.807) is 13.0 Å². The fourth-order valence-electron chi connectivity index (χ4n) is 1.58. The van der Waals surface area contributed by atoms with Crippen molar-refractivity contribution in [2.45, 2.75) is 16.7 Å². The lowest BCUT2D eigenvalue weighted by atomic mass is 10.1. The summed E-state index contributed by atoms with van der Waals surface area (Å²) in [4.78, 5) is -2.17. The Bertz CT molecular complexity index is 825. The highest BCUT2D eigenvalue weighted by molar-refractivity contribution is 8.45. The molecule has 9 heteroatoms. The normalized spacial score (nSPS) is 15.2. The van der Waals surface area contributed by atoms with Gasteiger partial charge in [-0.25, -0.2) is 0 Å². The van der Waals surface area contributed by atoms with Gasteiger partial charge in [0.2, 0.25) is 0 Å². The number of thioether (sulfide) groups is 1. The summed E-state index contributed by atoms with van der Waals surface area (Å²) in [5.74, 6) is 0. The van der Waals surface area contributed by atoms with Gasteiger partial charge in [-0.05, 0) is 25.1 Å². The third kappa shape index (κ3) is 4.88. The zero-order valence-electron chi connectivity index (χ0n) is 12.3. The van der Waals surface area contributed by atoms with Crippen LogP contribution in [0.5, 0.6) is 0 Å². The Morgan fingerprint density at radius 2 is 1.79 bits per heavy atom. The maximum Gasteiger partial charge on any atom is 0.310 e. The van der Waals surface area contributed by atoms with Gasteiger partial charge < -0.3 is 0 Å². The van der Waals surface area contributed by atoms with Crippen molar-refractivity contribution in [3.05, 3.63) is 59.0 Å². The Hall–Kier alpha value is -2.23. The number of allylic oxidation sites excluding steroid dienone is 4. The minimum atomic E-state index is -9.98. The van der Waals surface area contributed by atoms with Crippen LogP contribution in [0.3, 0.4) is 0 Å². The van der Waals surface area contributed by atoms with Gasteiger partial charge in [-0.15, -0.1) is 0 Å². The molecule has 0 unspecified atom stereocenters. The zero-order chi connectivity index (χ0) is 18.7. The summed E-state index contributed by atoms with van der Waals surface area (Å²) >= 11 is 0.676. The molecule has 0 saturated heterocycles. The molecule has 128 valence electrons. The highest BCUT2D eigenvalue weighted by Gasteiger charge is 2.65. The second-order valence-corrected chi connectivity index (χ2v) is 7.95. The van der Waals surface area contributed by atoms with Gasteiger partial charge in [-0.1, -0.05) is 56.0 Å². The predicted molar refractivity (Wildman–Crippen MR) is 86.2 cm³/mol. The smallest absolute Gasteiger partial charge is 0.192 e. The minimum absolute atomic E-state index is 0.0130. The van der Waals surface area contributed by atoms with Crippen LogP contribution in [0.4, 0.5) is 19.4 Å². The quantitative estimate of drug-likeness (QED) is 0.321. The number of nitriles is 2. The highest BCUT2D eigenvalue weighted by Crippen LogP contribution is 3.02. The molecule has 0 N–H and O–H groups in total. The first-order chi connectivity index (χ1) is 10.9. The molecule has 0 saturated carbocycles. The van der Waals surface area contributed by atoms with Crippen molar-refractivity contribution in [1.29, 1.82) is 10.5 Å². The molecular weight excluding hydrogens is 367 g/mol. The van der Waals surface area contributed by atoms with Gasteiger partial charge >= 0.3 is 10.2 Å². The van der Waals surface area contributed by atoms with Gasteiger partial charge in [0.15, 0.2) is 0 Å². The van der Waals surface area contributed by atoms with Crippen molar-refractivity contribution < 1.29 is 19.4 Å². The molecule has 0 aromatic heterocycles.